The zero-order chi connectivity index (χ0) is 13.1. The molecule has 2 amide bonds. The van der Waals surface area contributed by atoms with Gasteiger partial charge in [0.15, 0.2) is 0 Å². The highest BCUT2D eigenvalue weighted by atomic mass is 32.2. The number of para-hydroxylation sites is 1. The average Bonchev–Trinajstić information content (AvgIpc) is 2.63. The fraction of sp³-hybridized carbons (Fsp3) is 0.385. The maximum absolute atomic E-state index is 12.2. The zero-order valence-corrected chi connectivity index (χ0v) is 11.0. The molecule has 0 spiro atoms. The third-order valence-corrected chi connectivity index (χ3v) is 4.17. The fourth-order valence-electron chi connectivity index (χ4n) is 1.85. The molecular weight excluding hydrogens is 248 g/mol. The summed E-state index contributed by atoms with van der Waals surface area (Å²) in [5, 5.41) is -0.288. The third kappa shape index (κ3) is 2.73. The van der Waals surface area contributed by atoms with Gasteiger partial charge in [0, 0.05) is 18.2 Å². The number of nitrogens with two attached hydrogens (primary N) is 1. The first kappa shape index (κ1) is 13.1. The summed E-state index contributed by atoms with van der Waals surface area (Å²) in [5.74, 6) is 0.428. The van der Waals surface area contributed by atoms with Crippen LogP contribution < -0.4 is 10.6 Å². The molecule has 0 bridgehead atoms. The second-order valence-corrected chi connectivity index (χ2v) is 5.64. The molecule has 1 aliphatic rings. The van der Waals surface area contributed by atoms with E-state index in [1.807, 2.05) is 25.1 Å². The maximum atomic E-state index is 12.2. The molecule has 1 saturated heterocycles. The van der Waals surface area contributed by atoms with Crippen molar-refractivity contribution < 1.29 is 9.59 Å². The number of carbonyl (C=O) groups is 2. The molecule has 1 aromatic carbocycles. The minimum absolute atomic E-state index is 0.0312. The molecule has 4 nitrogen and oxygen atoms in total. The zero-order valence-electron chi connectivity index (χ0n) is 10.2. The second-order valence-electron chi connectivity index (χ2n) is 4.41. The monoisotopic (exact) mass is 264 g/mol. The number of nitrogens with zero attached hydrogens (tertiary/aromatic N) is 1. The molecule has 0 saturated carbocycles. The molecule has 1 aliphatic heterocycles. The van der Waals surface area contributed by atoms with Gasteiger partial charge in [-0.25, -0.2) is 4.90 Å². The first-order valence-corrected chi connectivity index (χ1v) is 6.93. The van der Waals surface area contributed by atoms with Crippen LogP contribution in [0.4, 0.5) is 5.69 Å². The number of thioether (sulfide) groups is 1. The van der Waals surface area contributed by atoms with Crippen LogP contribution in [-0.4, -0.2) is 28.9 Å². The molecule has 2 atom stereocenters. The number of benzene rings is 1. The van der Waals surface area contributed by atoms with E-state index in [0.29, 0.717) is 11.4 Å². The van der Waals surface area contributed by atoms with Crippen LogP contribution in [0, 0.1) is 0 Å². The molecule has 1 heterocycles. The van der Waals surface area contributed by atoms with Crippen molar-refractivity contribution in [3.05, 3.63) is 30.3 Å². The van der Waals surface area contributed by atoms with E-state index in [2.05, 4.69) is 0 Å². The quantitative estimate of drug-likeness (QED) is 0.835. The Hall–Kier alpha value is -1.33. The van der Waals surface area contributed by atoms with Gasteiger partial charge in [0.1, 0.15) is 0 Å². The van der Waals surface area contributed by atoms with Gasteiger partial charge < -0.3 is 5.73 Å². The van der Waals surface area contributed by atoms with Gasteiger partial charge in [-0.15, -0.1) is 11.8 Å². The van der Waals surface area contributed by atoms with Crippen molar-refractivity contribution in [3.63, 3.8) is 0 Å². The maximum Gasteiger partial charge on any atom is 0.247 e. The van der Waals surface area contributed by atoms with Crippen LogP contribution in [0.2, 0.25) is 0 Å². The predicted molar refractivity (Wildman–Crippen MR) is 73.4 cm³/mol. The molecule has 2 unspecified atom stereocenters. The number of hydrogen-bond donors (Lipinski definition) is 1. The van der Waals surface area contributed by atoms with E-state index in [1.54, 1.807) is 12.1 Å². The van der Waals surface area contributed by atoms with E-state index >= 15 is 0 Å². The van der Waals surface area contributed by atoms with E-state index in [0.717, 1.165) is 0 Å². The molecule has 2 rings (SSSR count). The van der Waals surface area contributed by atoms with Gasteiger partial charge in [0.05, 0.1) is 10.9 Å². The Bertz CT molecular complexity index is 448. The Labute approximate surface area is 111 Å². The Balaban J connectivity index is 2.10. The molecule has 18 heavy (non-hydrogen) atoms. The van der Waals surface area contributed by atoms with Crippen LogP contribution >= 0.6 is 11.8 Å². The largest absolute Gasteiger partial charge is 0.327 e. The van der Waals surface area contributed by atoms with Crippen molar-refractivity contribution >= 4 is 29.3 Å². The summed E-state index contributed by atoms with van der Waals surface area (Å²) in [6, 6.07) is 9.07. The lowest BCUT2D eigenvalue weighted by Crippen LogP contribution is -2.31. The second kappa shape index (κ2) is 5.54. The van der Waals surface area contributed by atoms with Crippen molar-refractivity contribution in [2.24, 2.45) is 5.73 Å². The molecule has 2 N–H and O–H groups in total. The molecule has 1 fully saturated rings. The smallest absolute Gasteiger partial charge is 0.247 e. The summed E-state index contributed by atoms with van der Waals surface area (Å²) in [7, 11) is 0. The summed E-state index contributed by atoms with van der Waals surface area (Å²) in [4.78, 5) is 25.3. The standard InChI is InChI=1S/C13H16N2O2S/c1-9(14)8-18-11-7-12(16)15(13(11)17)10-5-3-2-4-6-10/h2-6,9,11H,7-8,14H2,1H3. The first-order valence-electron chi connectivity index (χ1n) is 5.88. The number of rotatable bonds is 4. The lowest BCUT2D eigenvalue weighted by Gasteiger charge is -2.15. The number of anilines is 1. The van der Waals surface area contributed by atoms with E-state index in [4.69, 9.17) is 5.73 Å². The van der Waals surface area contributed by atoms with Gasteiger partial charge in [-0.1, -0.05) is 18.2 Å². The minimum Gasteiger partial charge on any atom is -0.327 e. The topological polar surface area (TPSA) is 63.4 Å². The summed E-state index contributed by atoms with van der Waals surface area (Å²) < 4.78 is 0. The summed E-state index contributed by atoms with van der Waals surface area (Å²) >= 11 is 1.47. The lowest BCUT2D eigenvalue weighted by atomic mass is 10.3. The highest BCUT2D eigenvalue weighted by Gasteiger charge is 2.39. The van der Waals surface area contributed by atoms with Gasteiger partial charge in [-0.2, -0.15) is 0 Å². The molecule has 1 aromatic rings. The van der Waals surface area contributed by atoms with Gasteiger partial charge in [0.2, 0.25) is 11.8 Å². The highest BCUT2D eigenvalue weighted by molar-refractivity contribution is 8.00. The SMILES string of the molecule is CC(N)CSC1CC(=O)N(c2ccccc2)C1=O. The Kier molecular flexibility index (Phi) is 4.04. The van der Waals surface area contributed by atoms with Crippen LogP contribution in [0.25, 0.3) is 0 Å². The fourth-order valence-corrected chi connectivity index (χ4v) is 2.89. The predicted octanol–water partition coefficient (Wildman–Crippen LogP) is 1.40. The molecular formula is C13H16N2O2S. The molecule has 96 valence electrons. The van der Waals surface area contributed by atoms with Crippen LogP contribution in [0.1, 0.15) is 13.3 Å². The van der Waals surface area contributed by atoms with Crippen molar-refractivity contribution in [2.75, 3.05) is 10.7 Å². The number of amides is 2. The first-order chi connectivity index (χ1) is 8.59. The average molecular weight is 264 g/mol. The molecule has 5 heteroatoms. The summed E-state index contributed by atoms with van der Waals surface area (Å²) in [6.07, 6.45) is 0.269. The van der Waals surface area contributed by atoms with Crippen LogP contribution in [0.5, 0.6) is 0 Å². The van der Waals surface area contributed by atoms with Gasteiger partial charge in [-0.3, -0.25) is 9.59 Å². The van der Waals surface area contributed by atoms with Crippen molar-refractivity contribution in [1.82, 2.24) is 0 Å². The van der Waals surface area contributed by atoms with E-state index < -0.39 is 0 Å². The lowest BCUT2D eigenvalue weighted by molar-refractivity contribution is -0.121. The minimum atomic E-state index is -0.288. The van der Waals surface area contributed by atoms with Crippen molar-refractivity contribution in [2.45, 2.75) is 24.6 Å². The number of carbonyl (C=O) groups excluding carboxylic acids is 2. The summed E-state index contributed by atoms with van der Waals surface area (Å²) in [5.41, 5.74) is 6.32. The van der Waals surface area contributed by atoms with Gasteiger partial charge in [-0.05, 0) is 19.1 Å². The Morgan fingerprint density at radius 3 is 2.67 bits per heavy atom. The highest BCUT2D eigenvalue weighted by Crippen LogP contribution is 2.29. The number of imide groups is 1. The van der Waals surface area contributed by atoms with E-state index in [-0.39, 0.29) is 29.5 Å². The Morgan fingerprint density at radius 2 is 2.06 bits per heavy atom. The molecule has 0 radical (unpaired) electrons. The normalized spacial score (nSPS) is 21.4. The van der Waals surface area contributed by atoms with Crippen molar-refractivity contribution in [3.8, 4) is 0 Å². The van der Waals surface area contributed by atoms with Gasteiger partial charge >= 0.3 is 0 Å². The van der Waals surface area contributed by atoms with Crippen LogP contribution in [0.3, 0.4) is 0 Å². The molecule has 0 aliphatic carbocycles. The Morgan fingerprint density at radius 1 is 1.39 bits per heavy atom. The molecule has 0 aromatic heterocycles. The third-order valence-electron chi connectivity index (χ3n) is 2.68. The van der Waals surface area contributed by atoms with Crippen molar-refractivity contribution in [1.29, 1.82) is 0 Å². The van der Waals surface area contributed by atoms with Crippen LogP contribution in [0.15, 0.2) is 30.3 Å². The van der Waals surface area contributed by atoms with E-state index in [1.165, 1.54) is 16.7 Å². The van der Waals surface area contributed by atoms with Gasteiger partial charge in [0.25, 0.3) is 0 Å². The number of hydrogen-bond acceptors (Lipinski definition) is 4. The summed E-state index contributed by atoms with van der Waals surface area (Å²) in [6.45, 7) is 1.89. The van der Waals surface area contributed by atoms with E-state index in [9.17, 15) is 9.59 Å². The van der Waals surface area contributed by atoms with Crippen LogP contribution in [-0.2, 0) is 9.59 Å².